The van der Waals surface area contributed by atoms with Crippen molar-refractivity contribution >= 4 is 10.8 Å². The first kappa shape index (κ1) is 34.9. The molecule has 9 aromatic carbocycles. The van der Waals surface area contributed by atoms with Gasteiger partial charge in [-0.2, -0.15) is 0 Å². The van der Waals surface area contributed by atoms with Gasteiger partial charge in [-0.05, 0) is 80.0 Å². The van der Waals surface area contributed by atoms with E-state index in [1.807, 2.05) is 24.3 Å². The first-order valence-corrected chi connectivity index (χ1v) is 20.6. The van der Waals surface area contributed by atoms with Crippen molar-refractivity contribution in [1.82, 2.24) is 9.97 Å². The Labute approximate surface area is 354 Å². The smallest absolute Gasteiger partial charge is 0.178 e. The summed E-state index contributed by atoms with van der Waals surface area (Å²) in [6, 6.07) is 76.5. The van der Waals surface area contributed by atoms with Crippen molar-refractivity contribution in [2.24, 2.45) is 0 Å². The molecule has 0 spiro atoms. The Morgan fingerprint density at radius 1 is 0.361 bits per heavy atom. The molecule has 61 heavy (non-hydrogen) atoms. The van der Waals surface area contributed by atoms with Gasteiger partial charge in [0.05, 0.1) is 16.8 Å². The van der Waals surface area contributed by atoms with E-state index in [4.69, 9.17) is 19.4 Å². The van der Waals surface area contributed by atoms with Crippen LogP contribution in [0.1, 0.15) is 22.3 Å². The molecule has 0 bridgehead atoms. The summed E-state index contributed by atoms with van der Waals surface area (Å²) in [5.41, 5.74) is 13.3. The lowest BCUT2D eigenvalue weighted by atomic mass is 9.68. The molecule has 2 aliphatic rings. The van der Waals surface area contributed by atoms with Crippen LogP contribution in [0.15, 0.2) is 218 Å². The molecule has 0 N–H and O–H groups in total. The van der Waals surface area contributed by atoms with Crippen molar-refractivity contribution < 1.29 is 9.47 Å². The summed E-state index contributed by atoms with van der Waals surface area (Å²) in [5.74, 6) is 3.47. The molecule has 10 aromatic rings. The van der Waals surface area contributed by atoms with Crippen molar-refractivity contribution in [1.29, 1.82) is 0 Å². The fraction of sp³-hybridized carbons (Fsp3) is 0.0175. The van der Waals surface area contributed by atoms with Gasteiger partial charge in [-0.25, -0.2) is 9.97 Å². The van der Waals surface area contributed by atoms with Gasteiger partial charge in [0.2, 0.25) is 0 Å². The molecule has 1 aromatic heterocycles. The third-order valence-electron chi connectivity index (χ3n) is 12.2. The van der Waals surface area contributed by atoms with E-state index in [1.54, 1.807) is 0 Å². The summed E-state index contributed by atoms with van der Waals surface area (Å²) in [4.78, 5) is 10.3. The van der Waals surface area contributed by atoms with Gasteiger partial charge in [-0.3, -0.25) is 0 Å². The first-order valence-electron chi connectivity index (χ1n) is 20.6. The summed E-state index contributed by atoms with van der Waals surface area (Å²) in [6.07, 6.45) is 0. The highest BCUT2D eigenvalue weighted by molar-refractivity contribution is 5.97. The maximum atomic E-state index is 6.93. The topological polar surface area (TPSA) is 44.2 Å². The van der Waals surface area contributed by atoms with Gasteiger partial charge in [-0.1, -0.05) is 188 Å². The summed E-state index contributed by atoms with van der Waals surface area (Å²) in [6.45, 7) is 0. The summed E-state index contributed by atoms with van der Waals surface area (Å²) < 4.78 is 13.7. The van der Waals surface area contributed by atoms with Crippen LogP contribution < -0.4 is 9.47 Å². The normalized spacial score (nSPS) is 13.0. The summed E-state index contributed by atoms with van der Waals surface area (Å²) >= 11 is 0. The van der Waals surface area contributed by atoms with Crippen LogP contribution in [0.5, 0.6) is 23.0 Å². The van der Waals surface area contributed by atoms with Crippen LogP contribution >= 0.6 is 0 Å². The maximum absolute atomic E-state index is 6.93. The Morgan fingerprint density at radius 3 is 1.79 bits per heavy atom. The van der Waals surface area contributed by atoms with Crippen LogP contribution in [0.25, 0.3) is 66.9 Å². The molecule has 4 heteroatoms. The Morgan fingerprint density at radius 2 is 0.967 bits per heavy atom. The number of hydrogen-bond acceptors (Lipinski definition) is 4. The van der Waals surface area contributed by atoms with E-state index in [0.29, 0.717) is 23.1 Å². The predicted molar refractivity (Wildman–Crippen MR) is 245 cm³/mol. The van der Waals surface area contributed by atoms with Crippen molar-refractivity contribution in [2.75, 3.05) is 0 Å². The number of fused-ring (bicyclic) bond motifs is 7. The molecular formula is C57H36N2O2. The monoisotopic (exact) mass is 780 g/mol. The number of hydrogen-bond donors (Lipinski definition) is 0. The Kier molecular flexibility index (Phi) is 8.04. The Balaban J connectivity index is 0.937. The van der Waals surface area contributed by atoms with E-state index in [-0.39, 0.29) is 0 Å². The van der Waals surface area contributed by atoms with Crippen LogP contribution in [0, 0.1) is 0 Å². The van der Waals surface area contributed by atoms with Gasteiger partial charge in [0.1, 0.15) is 0 Å². The number of ether oxygens (including phenoxy) is 2. The first-order chi connectivity index (χ1) is 30.2. The molecule has 2 heterocycles. The fourth-order valence-corrected chi connectivity index (χ4v) is 9.50. The van der Waals surface area contributed by atoms with Crippen molar-refractivity contribution in [2.45, 2.75) is 5.41 Å². The van der Waals surface area contributed by atoms with Crippen LogP contribution in [0.4, 0.5) is 0 Å². The molecule has 0 amide bonds. The zero-order valence-corrected chi connectivity index (χ0v) is 33.0. The highest BCUT2D eigenvalue weighted by Crippen LogP contribution is 2.62. The molecule has 0 atom stereocenters. The Hall–Kier alpha value is -8.08. The van der Waals surface area contributed by atoms with Gasteiger partial charge in [0.25, 0.3) is 0 Å². The standard InChI is InChI=1S/C57H36N2O2/c1-4-17-38(18-5-1)56-58-49(36-50(59-56)45-28-15-19-37-16-10-11-26-44(37)45)41-21-14-20-39(34-41)40-30-32-51-53(35-40)60-52-33-31-48-54(55(52)61-51)46-27-12-13-29-47(46)57(48,42-22-6-2-7-23-42)43-24-8-3-9-25-43/h1-36H. The molecule has 0 saturated carbocycles. The van der Waals surface area contributed by atoms with Crippen LogP contribution in [0.2, 0.25) is 0 Å². The Bertz CT molecular complexity index is 3260. The minimum atomic E-state index is -0.525. The number of aromatic nitrogens is 2. The van der Waals surface area contributed by atoms with E-state index in [2.05, 4.69) is 194 Å². The van der Waals surface area contributed by atoms with Crippen LogP contribution in [0.3, 0.4) is 0 Å². The second kappa shape index (κ2) is 14.0. The van der Waals surface area contributed by atoms with Gasteiger partial charge >= 0.3 is 0 Å². The molecule has 0 unspecified atom stereocenters. The lowest BCUT2D eigenvalue weighted by molar-refractivity contribution is 0.360. The molecule has 0 radical (unpaired) electrons. The zero-order valence-electron chi connectivity index (χ0n) is 33.0. The SMILES string of the molecule is c1ccc(-c2nc(-c3cccc(-c4ccc5c(c4)Oc4ccc6c(c4O5)-c4ccccc4C6(c4ccccc4)c4ccccc4)c3)cc(-c3cccc4ccccc34)n2)cc1. The molecule has 0 saturated heterocycles. The van der Waals surface area contributed by atoms with Crippen LogP contribution in [-0.2, 0) is 5.41 Å². The van der Waals surface area contributed by atoms with Gasteiger partial charge in [0.15, 0.2) is 28.8 Å². The maximum Gasteiger partial charge on any atom is 0.178 e. The van der Waals surface area contributed by atoms with Gasteiger partial charge in [-0.15, -0.1) is 0 Å². The van der Waals surface area contributed by atoms with Gasteiger partial charge in [0, 0.05) is 22.3 Å². The average molecular weight is 781 g/mol. The lowest BCUT2D eigenvalue weighted by Crippen LogP contribution is -2.28. The molecule has 0 fully saturated rings. The second-order valence-electron chi connectivity index (χ2n) is 15.6. The molecule has 1 aliphatic carbocycles. The summed E-state index contributed by atoms with van der Waals surface area (Å²) in [7, 11) is 0. The lowest BCUT2D eigenvalue weighted by Gasteiger charge is -2.34. The van der Waals surface area contributed by atoms with E-state index in [0.717, 1.165) is 61.5 Å². The van der Waals surface area contributed by atoms with Crippen LogP contribution in [-0.4, -0.2) is 9.97 Å². The molecule has 12 rings (SSSR count). The number of benzene rings is 9. The molecule has 4 nitrogen and oxygen atoms in total. The zero-order chi connectivity index (χ0) is 40.3. The minimum Gasteiger partial charge on any atom is -0.449 e. The number of rotatable bonds is 6. The van der Waals surface area contributed by atoms with Crippen molar-refractivity contribution in [3.63, 3.8) is 0 Å². The molecule has 1 aliphatic heterocycles. The molecular weight excluding hydrogens is 745 g/mol. The summed E-state index contributed by atoms with van der Waals surface area (Å²) in [5, 5.41) is 2.33. The third kappa shape index (κ3) is 5.61. The fourth-order valence-electron chi connectivity index (χ4n) is 9.50. The van der Waals surface area contributed by atoms with E-state index >= 15 is 0 Å². The predicted octanol–water partition coefficient (Wildman–Crippen LogP) is 14.6. The third-order valence-corrected chi connectivity index (χ3v) is 12.2. The van der Waals surface area contributed by atoms with E-state index in [9.17, 15) is 0 Å². The van der Waals surface area contributed by atoms with Crippen molar-refractivity contribution in [3.8, 4) is 79.2 Å². The largest absolute Gasteiger partial charge is 0.449 e. The quantitative estimate of drug-likeness (QED) is 0.169. The van der Waals surface area contributed by atoms with E-state index < -0.39 is 5.41 Å². The highest BCUT2D eigenvalue weighted by atomic mass is 16.6. The van der Waals surface area contributed by atoms with Crippen molar-refractivity contribution in [3.05, 3.63) is 241 Å². The van der Waals surface area contributed by atoms with E-state index in [1.165, 1.54) is 27.6 Å². The highest BCUT2D eigenvalue weighted by Gasteiger charge is 2.48. The number of nitrogens with zero attached hydrogens (tertiary/aromatic N) is 2. The van der Waals surface area contributed by atoms with Gasteiger partial charge < -0.3 is 9.47 Å². The molecule has 286 valence electrons. The minimum absolute atomic E-state index is 0.525. The average Bonchev–Trinajstić information content (AvgIpc) is 3.65. The second-order valence-corrected chi connectivity index (χ2v) is 15.6.